The predicted molar refractivity (Wildman–Crippen MR) is 124 cm³/mol. The summed E-state index contributed by atoms with van der Waals surface area (Å²) >= 11 is 3.48. The first-order chi connectivity index (χ1) is 15.4. The van der Waals surface area contributed by atoms with E-state index in [4.69, 9.17) is 9.47 Å². The molecule has 1 N–H and O–H groups in total. The van der Waals surface area contributed by atoms with Gasteiger partial charge in [0.25, 0.3) is 11.6 Å². The molecule has 0 saturated carbocycles. The first kappa shape index (κ1) is 23.0. The number of amides is 1. The van der Waals surface area contributed by atoms with Crippen LogP contribution in [0.25, 0.3) is 0 Å². The predicted octanol–water partition coefficient (Wildman–Crippen LogP) is 5.02. The Morgan fingerprint density at radius 3 is 2.62 bits per heavy atom. The van der Waals surface area contributed by atoms with Crippen LogP contribution in [0.4, 0.5) is 5.69 Å². The van der Waals surface area contributed by atoms with Crippen LogP contribution >= 0.6 is 15.9 Å². The quantitative estimate of drug-likeness (QED) is 0.267. The molecule has 32 heavy (non-hydrogen) atoms. The van der Waals surface area contributed by atoms with Gasteiger partial charge in [-0.15, -0.1) is 0 Å². The van der Waals surface area contributed by atoms with Gasteiger partial charge in [-0.05, 0) is 52.2 Å². The number of nitro groups is 1. The molecular weight excluding hydrogens is 478 g/mol. The zero-order valence-corrected chi connectivity index (χ0v) is 19.0. The summed E-state index contributed by atoms with van der Waals surface area (Å²) in [4.78, 5) is 22.8. The molecular formula is C23H20BrN3O5. The number of ether oxygens (including phenoxy) is 2. The van der Waals surface area contributed by atoms with Gasteiger partial charge in [0, 0.05) is 17.2 Å². The molecule has 0 aliphatic carbocycles. The third-order valence-corrected chi connectivity index (χ3v) is 5.11. The number of hydrogen-bond donors (Lipinski definition) is 1. The smallest absolute Gasteiger partial charge is 0.273 e. The van der Waals surface area contributed by atoms with Crippen LogP contribution in [0.3, 0.4) is 0 Å². The van der Waals surface area contributed by atoms with E-state index >= 15 is 0 Å². The topological polar surface area (TPSA) is 103 Å². The third-order valence-electron chi connectivity index (χ3n) is 4.53. The van der Waals surface area contributed by atoms with Gasteiger partial charge in [0.15, 0.2) is 11.5 Å². The molecule has 0 aliphatic rings. The lowest BCUT2D eigenvalue weighted by Crippen LogP contribution is -2.17. The van der Waals surface area contributed by atoms with Crippen molar-refractivity contribution in [2.75, 3.05) is 7.11 Å². The number of nitrogens with zero attached hydrogens (tertiary/aromatic N) is 2. The van der Waals surface area contributed by atoms with Crippen molar-refractivity contribution >= 4 is 33.7 Å². The molecule has 0 heterocycles. The van der Waals surface area contributed by atoms with Crippen LogP contribution in [0.5, 0.6) is 11.5 Å². The second kappa shape index (κ2) is 10.5. The summed E-state index contributed by atoms with van der Waals surface area (Å²) in [6, 6.07) is 17.5. The van der Waals surface area contributed by atoms with Gasteiger partial charge in [0.1, 0.15) is 6.61 Å². The molecule has 0 atom stereocenters. The number of rotatable bonds is 8. The SMILES string of the molecule is COc1cc(/C=N\NC(=O)c2ccc(C)c([N+](=O)[O-])c2)cc(Br)c1OCc1ccccc1. The van der Waals surface area contributed by atoms with E-state index in [0.717, 1.165) is 5.56 Å². The monoisotopic (exact) mass is 497 g/mol. The highest BCUT2D eigenvalue weighted by Gasteiger charge is 2.15. The molecule has 0 unspecified atom stereocenters. The van der Waals surface area contributed by atoms with Crippen LogP contribution in [-0.4, -0.2) is 24.2 Å². The Morgan fingerprint density at radius 1 is 1.19 bits per heavy atom. The molecule has 1 amide bonds. The molecule has 3 rings (SSSR count). The number of hydrazone groups is 1. The minimum atomic E-state index is -0.557. The maximum Gasteiger partial charge on any atom is 0.273 e. The van der Waals surface area contributed by atoms with Crippen LogP contribution in [0.15, 0.2) is 70.2 Å². The van der Waals surface area contributed by atoms with Gasteiger partial charge in [-0.3, -0.25) is 14.9 Å². The molecule has 0 aliphatic heterocycles. The minimum absolute atomic E-state index is 0.124. The highest BCUT2D eigenvalue weighted by molar-refractivity contribution is 9.10. The molecule has 0 fully saturated rings. The van der Waals surface area contributed by atoms with Crippen LogP contribution in [-0.2, 0) is 6.61 Å². The van der Waals surface area contributed by atoms with E-state index < -0.39 is 10.8 Å². The van der Waals surface area contributed by atoms with Crippen molar-refractivity contribution in [1.29, 1.82) is 0 Å². The van der Waals surface area contributed by atoms with Gasteiger partial charge in [-0.1, -0.05) is 36.4 Å². The fraction of sp³-hybridized carbons (Fsp3) is 0.130. The van der Waals surface area contributed by atoms with Crippen molar-refractivity contribution in [3.63, 3.8) is 0 Å². The fourth-order valence-electron chi connectivity index (χ4n) is 2.86. The molecule has 3 aromatic rings. The third kappa shape index (κ3) is 5.70. The maximum atomic E-state index is 12.3. The molecule has 0 bridgehead atoms. The Kier molecular flexibility index (Phi) is 7.56. The lowest BCUT2D eigenvalue weighted by Gasteiger charge is -2.13. The number of aryl methyl sites for hydroxylation is 1. The van der Waals surface area contributed by atoms with Crippen LogP contribution < -0.4 is 14.9 Å². The van der Waals surface area contributed by atoms with Crippen LogP contribution in [0.1, 0.15) is 27.0 Å². The van der Waals surface area contributed by atoms with Gasteiger partial charge in [0.2, 0.25) is 0 Å². The largest absolute Gasteiger partial charge is 0.493 e. The average molecular weight is 498 g/mol. The van der Waals surface area contributed by atoms with Gasteiger partial charge < -0.3 is 9.47 Å². The zero-order chi connectivity index (χ0) is 23.1. The zero-order valence-electron chi connectivity index (χ0n) is 17.4. The van der Waals surface area contributed by atoms with Crippen LogP contribution in [0.2, 0.25) is 0 Å². The Balaban J connectivity index is 1.70. The minimum Gasteiger partial charge on any atom is -0.493 e. The van der Waals surface area contributed by atoms with Crippen molar-refractivity contribution in [3.8, 4) is 11.5 Å². The Morgan fingerprint density at radius 2 is 1.94 bits per heavy atom. The number of methoxy groups -OCH3 is 1. The van der Waals surface area contributed by atoms with Crippen molar-refractivity contribution in [3.05, 3.63) is 97.5 Å². The van der Waals surface area contributed by atoms with Gasteiger partial charge >= 0.3 is 0 Å². The summed E-state index contributed by atoms with van der Waals surface area (Å²) in [5.74, 6) is 0.486. The number of nitro benzene ring substituents is 1. The maximum absolute atomic E-state index is 12.3. The van der Waals surface area contributed by atoms with Crippen molar-refractivity contribution < 1.29 is 19.2 Å². The summed E-state index contributed by atoms with van der Waals surface area (Å²) < 4.78 is 12.0. The number of carbonyl (C=O) groups excluding carboxylic acids is 1. The highest BCUT2D eigenvalue weighted by Crippen LogP contribution is 2.36. The molecule has 8 nitrogen and oxygen atoms in total. The summed E-state index contributed by atoms with van der Waals surface area (Å²) in [5.41, 5.74) is 4.53. The van der Waals surface area contributed by atoms with E-state index in [1.807, 2.05) is 30.3 Å². The van der Waals surface area contributed by atoms with Gasteiger partial charge in [-0.25, -0.2) is 5.43 Å². The second-order valence-corrected chi connectivity index (χ2v) is 7.62. The first-order valence-electron chi connectivity index (χ1n) is 9.51. The lowest BCUT2D eigenvalue weighted by atomic mass is 10.1. The summed E-state index contributed by atoms with van der Waals surface area (Å²) in [7, 11) is 1.53. The number of nitrogens with one attached hydrogen (secondary N) is 1. The second-order valence-electron chi connectivity index (χ2n) is 6.77. The number of halogens is 1. The Hall–Kier alpha value is -3.72. The molecule has 9 heteroatoms. The number of hydrogen-bond acceptors (Lipinski definition) is 6. The van der Waals surface area contributed by atoms with Crippen molar-refractivity contribution in [2.45, 2.75) is 13.5 Å². The van der Waals surface area contributed by atoms with E-state index in [1.165, 1.54) is 31.5 Å². The first-order valence-corrected chi connectivity index (χ1v) is 10.3. The summed E-state index contributed by atoms with van der Waals surface area (Å²) in [5, 5.41) is 15.0. The van der Waals surface area contributed by atoms with Crippen molar-refractivity contribution in [2.24, 2.45) is 5.10 Å². The Labute approximate surface area is 193 Å². The molecule has 3 aromatic carbocycles. The standard InChI is InChI=1S/C23H20BrN3O5/c1-15-8-9-18(12-20(15)27(29)30)23(28)26-25-13-17-10-19(24)22(21(11-17)31-2)32-14-16-6-4-3-5-7-16/h3-13H,14H2,1-2H3,(H,26,28)/b25-13-. The summed E-state index contributed by atoms with van der Waals surface area (Å²) in [6.45, 7) is 1.98. The average Bonchev–Trinajstić information content (AvgIpc) is 2.78. The normalized spacial score (nSPS) is 10.7. The molecule has 164 valence electrons. The van der Waals surface area contributed by atoms with Crippen molar-refractivity contribution in [1.82, 2.24) is 5.43 Å². The van der Waals surface area contributed by atoms with Crippen LogP contribution in [0, 0.1) is 17.0 Å². The fourth-order valence-corrected chi connectivity index (χ4v) is 3.44. The van der Waals surface area contributed by atoms with Gasteiger partial charge in [0.05, 0.1) is 22.7 Å². The molecule has 0 aromatic heterocycles. The van der Waals surface area contributed by atoms with E-state index in [9.17, 15) is 14.9 Å². The number of carbonyl (C=O) groups is 1. The van der Waals surface area contributed by atoms with E-state index in [0.29, 0.717) is 33.7 Å². The lowest BCUT2D eigenvalue weighted by molar-refractivity contribution is -0.385. The van der Waals surface area contributed by atoms with E-state index in [2.05, 4.69) is 26.5 Å². The van der Waals surface area contributed by atoms with Gasteiger partial charge in [-0.2, -0.15) is 5.10 Å². The molecule has 0 spiro atoms. The van der Waals surface area contributed by atoms with E-state index in [-0.39, 0.29) is 11.3 Å². The molecule has 0 saturated heterocycles. The van der Waals surface area contributed by atoms with E-state index in [1.54, 1.807) is 19.1 Å². The summed E-state index contributed by atoms with van der Waals surface area (Å²) in [6.07, 6.45) is 1.44. The number of benzene rings is 3. The highest BCUT2D eigenvalue weighted by atomic mass is 79.9. The molecule has 0 radical (unpaired) electrons. The Bertz CT molecular complexity index is 1170.